The molecule has 0 saturated carbocycles. The zero-order valence-electron chi connectivity index (χ0n) is 8.42. The Morgan fingerprint density at radius 3 is 2.85 bits per heavy atom. The Hall–Kier alpha value is -0.610. The number of primary amides is 1. The summed E-state index contributed by atoms with van der Waals surface area (Å²) in [4.78, 5) is 13.0. The molecule has 1 aliphatic heterocycles. The van der Waals surface area contributed by atoms with E-state index in [4.69, 9.17) is 11.5 Å². The van der Waals surface area contributed by atoms with E-state index in [0.29, 0.717) is 6.42 Å². The van der Waals surface area contributed by atoms with Gasteiger partial charge in [0, 0.05) is 18.0 Å². The Labute approximate surface area is 79.3 Å². The van der Waals surface area contributed by atoms with Gasteiger partial charge in [0.15, 0.2) is 0 Å². The van der Waals surface area contributed by atoms with Gasteiger partial charge in [-0.25, -0.2) is 0 Å². The van der Waals surface area contributed by atoms with Crippen molar-refractivity contribution >= 4 is 5.91 Å². The van der Waals surface area contributed by atoms with Gasteiger partial charge in [-0.2, -0.15) is 0 Å². The second kappa shape index (κ2) is 3.64. The van der Waals surface area contributed by atoms with E-state index in [1.165, 1.54) is 0 Å². The van der Waals surface area contributed by atoms with Gasteiger partial charge in [-0.05, 0) is 33.4 Å². The molecule has 0 aromatic heterocycles. The van der Waals surface area contributed by atoms with E-state index in [1.54, 1.807) is 0 Å². The van der Waals surface area contributed by atoms with Gasteiger partial charge in [0.05, 0.1) is 0 Å². The molecule has 4 nitrogen and oxygen atoms in total. The summed E-state index contributed by atoms with van der Waals surface area (Å²) < 4.78 is 0. The van der Waals surface area contributed by atoms with Crippen LogP contribution >= 0.6 is 0 Å². The van der Waals surface area contributed by atoms with Crippen molar-refractivity contribution in [2.75, 3.05) is 13.6 Å². The number of carbonyl (C=O) groups excluding carboxylic acids is 1. The highest BCUT2D eigenvalue weighted by atomic mass is 16.1. The average Bonchev–Trinajstić information content (AvgIpc) is 1.99. The van der Waals surface area contributed by atoms with Gasteiger partial charge >= 0.3 is 0 Å². The van der Waals surface area contributed by atoms with Crippen molar-refractivity contribution in [3.05, 3.63) is 0 Å². The van der Waals surface area contributed by atoms with Crippen LogP contribution in [0.2, 0.25) is 0 Å². The van der Waals surface area contributed by atoms with Crippen LogP contribution in [0.5, 0.6) is 0 Å². The maximum absolute atomic E-state index is 10.8. The Balaban J connectivity index is 2.69. The number of amides is 1. The van der Waals surface area contributed by atoms with Crippen LogP contribution in [0.25, 0.3) is 0 Å². The highest BCUT2D eigenvalue weighted by Crippen LogP contribution is 2.26. The lowest BCUT2D eigenvalue weighted by Crippen LogP contribution is -2.60. The summed E-state index contributed by atoms with van der Waals surface area (Å²) in [5.41, 5.74) is 10.9. The van der Waals surface area contributed by atoms with Crippen LogP contribution in [0.4, 0.5) is 0 Å². The molecule has 0 radical (unpaired) electrons. The quantitative estimate of drug-likeness (QED) is 0.619. The fourth-order valence-corrected chi connectivity index (χ4v) is 2.06. The van der Waals surface area contributed by atoms with Crippen LogP contribution < -0.4 is 11.5 Å². The fraction of sp³-hybridized carbons (Fsp3) is 0.889. The summed E-state index contributed by atoms with van der Waals surface area (Å²) >= 11 is 0. The summed E-state index contributed by atoms with van der Waals surface area (Å²) in [5, 5.41) is 0. The van der Waals surface area contributed by atoms with Gasteiger partial charge < -0.3 is 16.4 Å². The van der Waals surface area contributed by atoms with Crippen LogP contribution in [0, 0.1) is 0 Å². The van der Waals surface area contributed by atoms with Crippen molar-refractivity contribution in [3.8, 4) is 0 Å². The highest BCUT2D eigenvalue weighted by Gasteiger charge is 2.38. The minimum Gasteiger partial charge on any atom is -0.370 e. The Morgan fingerprint density at radius 1 is 1.69 bits per heavy atom. The molecule has 4 heteroatoms. The molecule has 1 heterocycles. The summed E-state index contributed by atoms with van der Waals surface area (Å²) in [5.74, 6) is -0.301. The molecule has 1 aliphatic rings. The summed E-state index contributed by atoms with van der Waals surface area (Å²) in [7, 11) is 2.03. The largest absolute Gasteiger partial charge is 0.370 e. The molecule has 0 aliphatic carbocycles. The van der Waals surface area contributed by atoms with E-state index < -0.39 is 5.54 Å². The number of rotatable bonds is 2. The predicted octanol–water partition coefficient (Wildman–Crippen LogP) is -0.327. The molecule has 76 valence electrons. The first-order chi connectivity index (χ1) is 5.96. The Bertz CT molecular complexity index is 207. The number of likely N-dealkylation sites (N-methyl/N-ethyl adjacent to an activating group) is 1. The van der Waals surface area contributed by atoms with Crippen molar-refractivity contribution < 1.29 is 4.79 Å². The first-order valence-corrected chi connectivity index (χ1v) is 4.73. The maximum Gasteiger partial charge on any atom is 0.219 e. The first-order valence-electron chi connectivity index (χ1n) is 4.73. The average molecular weight is 185 g/mol. The van der Waals surface area contributed by atoms with Crippen LogP contribution in [0.15, 0.2) is 0 Å². The molecule has 0 spiro atoms. The Kier molecular flexibility index (Phi) is 2.93. The molecule has 2 unspecified atom stereocenters. The number of hydrogen-bond acceptors (Lipinski definition) is 3. The number of nitrogens with two attached hydrogens (primary N) is 2. The normalized spacial score (nSPS) is 36.1. The minimum atomic E-state index is -0.418. The van der Waals surface area contributed by atoms with E-state index in [2.05, 4.69) is 11.8 Å². The Morgan fingerprint density at radius 2 is 2.31 bits per heavy atom. The molecule has 13 heavy (non-hydrogen) atoms. The van der Waals surface area contributed by atoms with Crippen LogP contribution in [-0.2, 0) is 4.79 Å². The number of carbonyl (C=O) groups is 1. The van der Waals surface area contributed by atoms with Crippen molar-refractivity contribution in [2.24, 2.45) is 11.5 Å². The number of hydrogen-bond donors (Lipinski definition) is 2. The van der Waals surface area contributed by atoms with E-state index in [1.807, 2.05) is 7.05 Å². The molecule has 4 N–H and O–H groups in total. The second-order valence-electron chi connectivity index (χ2n) is 4.14. The summed E-state index contributed by atoms with van der Waals surface area (Å²) in [6.45, 7) is 3.11. The lowest BCUT2D eigenvalue weighted by Gasteiger charge is -2.44. The molecule has 1 saturated heterocycles. The van der Waals surface area contributed by atoms with Crippen molar-refractivity contribution in [1.82, 2.24) is 4.90 Å². The van der Waals surface area contributed by atoms with E-state index in [0.717, 1.165) is 19.4 Å². The third kappa shape index (κ3) is 2.19. The third-order valence-corrected chi connectivity index (χ3v) is 3.15. The highest BCUT2D eigenvalue weighted by molar-refractivity contribution is 5.75. The van der Waals surface area contributed by atoms with Gasteiger partial charge in [0.1, 0.15) is 0 Å². The monoisotopic (exact) mass is 185 g/mol. The maximum atomic E-state index is 10.8. The first kappa shape index (κ1) is 10.5. The topological polar surface area (TPSA) is 72.3 Å². The number of piperidine rings is 1. The zero-order chi connectivity index (χ0) is 10.1. The molecule has 2 atom stereocenters. The number of nitrogens with zero attached hydrogens (tertiary/aromatic N) is 1. The van der Waals surface area contributed by atoms with Crippen LogP contribution in [-0.4, -0.2) is 36.0 Å². The lowest BCUT2D eigenvalue weighted by atomic mass is 9.80. The van der Waals surface area contributed by atoms with Crippen molar-refractivity contribution in [1.29, 1.82) is 0 Å². The molecule has 1 fully saturated rings. The molecule has 1 rings (SSSR count). The summed E-state index contributed by atoms with van der Waals surface area (Å²) in [6.07, 6.45) is 2.23. The van der Waals surface area contributed by atoms with Gasteiger partial charge in [0.25, 0.3) is 0 Å². The fourth-order valence-electron chi connectivity index (χ4n) is 2.06. The van der Waals surface area contributed by atoms with E-state index in [-0.39, 0.29) is 11.9 Å². The second-order valence-corrected chi connectivity index (χ2v) is 4.14. The van der Waals surface area contributed by atoms with Crippen molar-refractivity contribution in [2.45, 2.75) is 37.8 Å². The van der Waals surface area contributed by atoms with E-state index >= 15 is 0 Å². The third-order valence-electron chi connectivity index (χ3n) is 3.15. The van der Waals surface area contributed by atoms with Gasteiger partial charge in [-0.3, -0.25) is 4.79 Å². The minimum absolute atomic E-state index is 0.230. The van der Waals surface area contributed by atoms with E-state index in [9.17, 15) is 4.79 Å². The molecule has 0 bridgehead atoms. The SMILES string of the molecule is CC1N(C)CCCC1(N)CC(N)=O. The summed E-state index contributed by atoms with van der Waals surface area (Å²) in [6, 6.07) is 0.230. The smallest absolute Gasteiger partial charge is 0.219 e. The van der Waals surface area contributed by atoms with Gasteiger partial charge in [-0.1, -0.05) is 0 Å². The lowest BCUT2D eigenvalue weighted by molar-refractivity contribution is -0.120. The molecule has 1 amide bonds. The van der Waals surface area contributed by atoms with Crippen LogP contribution in [0.1, 0.15) is 26.2 Å². The van der Waals surface area contributed by atoms with Crippen molar-refractivity contribution in [3.63, 3.8) is 0 Å². The number of likely N-dealkylation sites (tertiary alicyclic amines) is 1. The standard InChI is InChI=1S/C9H19N3O/c1-7-9(11,6-8(10)13)4-3-5-12(7)2/h7H,3-6,11H2,1-2H3,(H2,10,13). The molecular formula is C9H19N3O. The van der Waals surface area contributed by atoms with Crippen LogP contribution in [0.3, 0.4) is 0 Å². The van der Waals surface area contributed by atoms with Gasteiger partial charge in [0.2, 0.25) is 5.91 Å². The molecular weight excluding hydrogens is 166 g/mol. The van der Waals surface area contributed by atoms with Gasteiger partial charge in [-0.15, -0.1) is 0 Å². The molecule has 0 aromatic rings. The zero-order valence-corrected chi connectivity index (χ0v) is 8.42. The molecule has 0 aromatic carbocycles. The predicted molar refractivity (Wildman–Crippen MR) is 52.1 cm³/mol.